The van der Waals surface area contributed by atoms with Crippen molar-refractivity contribution in [1.82, 2.24) is 0 Å². The lowest BCUT2D eigenvalue weighted by Gasteiger charge is -2.17. The minimum Gasteiger partial charge on any atom is -0.456 e. The number of para-hydroxylation sites is 1. The van der Waals surface area contributed by atoms with Gasteiger partial charge in [-0.25, -0.2) is 0 Å². The number of benzene rings is 7. The van der Waals surface area contributed by atoms with E-state index in [1.54, 1.807) is 0 Å². The first kappa shape index (κ1) is 24.5. The van der Waals surface area contributed by atoms with Crippen LogP contribution in [-0.2, 0) is 6.42 Å². The van der Waals surface area contributed by atoms with E-state index in [-0.39, 0.29) is 0 Å². The molecule has 0 aliphatic heterocycles. The monoisotopic (exact) mass is 550 g/mol. The molecule has 7 aromatic carbocycles. The van der Waals surface area contributed by atoms with Crippen LogP contribution in [0.25, 0.3) is 82.7 Å². The van der Waals surface area contributed by atoms with Crippen molar-refractivity contribution in [3.8, 4) is 33.4 Å². The van der Waals surface area contributed by atoms with E-state index in [0.717, 1.165) is 24.2 Å². The van der Waals surface area contributed by atoms with Crippen LogP contribution in [0, 0.1) is 13.8 Å². The molecule has 43 heavy (non-hydrogen) atoms. The molecule has 0 bridgehead atoms. The van der Waals surface area contributed by atoms with Gasteiger partial charge in [0.1, 0.15) is 11.3 Å². The second-order valence-corrected chi connectivity index (χ2v) is 12.1. The number of aryl methyl sites for hydroxylation is 3. The maximum absolute atomic E-state index is 6.43. The third-order valence-corrected chi connectivity index (χ3v) is 9.53. The van der Waals surface area contributed by atoms with E-state index < -0.39 is 0 Å². The Balaban J connectivity index is 1.21. The quantitative estimate of drug-likeness (QED) is 0.199. The molecule has 0 saturated heterocycles. The first-order valence-corrected chi connectivity index (χ1v) is 15.2. The highest BCUT2D eigenvalue weighted by Crippen LogP contribution is 2.43. The van der Waals surface area contributed by atoms with Crippen molar-refractivity contribution in [2.75, 3.05) is 0 Å². The SMILES string of the molecule is Cc1ccc(-c2ccc3ccc4c(-c5ccc(-c6cccc7c8c(oc67)C=CCC8)c(C)c5)ccc5ccc2c3c54)cc1. The smallest absolute Gasteiger partial charge is 0.142 e. The Kier molecular flexibility index (Phi) is 5.22. The number of fused-ring (bicyclic) bond motifs is 3. The van der Waals surface area contributed by atoms with E-state index >= 15 is 0 Å². The fourth-order valence-corrected chi connectivity index (χ4v) is 7.38. The molecule has 1 heteroatoms. The molecule has 0 atom stereocenters. The largest absolute Gasteiger partial charge is 0.456 e. The van der Waals surface area contributed by atoms with Gasteiger partial charge in [-0.15, -0.1) is 0 Å². The summed E-state index contributed by atoms with van der Waals surface area (Å²) in [6.45, 7) is 4.37. The van der Waals surface area contributed by atoms with Gasteiger partial charge in [-0.3, -0.25) is 0 Å². The number of hydrogen-bond donors (Lipinski definition) is 0. The number of hydrogen-bond acceptors (Lipinski definition) is 1. The standard InChI is InChI=1S/C42H30O/c1-25-10-12-27(13-11-25)32-20-14-28-17-23-36-33(21-15-29-16-22-35(32)40(28)41(29)36)30-18-19-31(26(2)24-30)37-7-5-8-38-34-6-3-4-9-39(34)43-42(37)38/h4-5,7-24H,3,6H2,1-2H3. The van der Waals surface area contributed by atoms with Crippen molar-refractivity contribution in [3.05, 3.63) is 138 Å². The van der Waals surface area contributed by atoms with Crippen molar-refractivity contribution in [2.24, 2.45) is 0 Å². The maximum Gasteiger partial charge on any atom is 0.142 e. The Morgan fingerprint density at radius 2 is 1.21 bits per heavy atom. The minimum absolute atomic E-state index is 1.00. The first-order valence-electron chi connectivity index (χ1n) is 15.2. The molecule has 0 amide bonds. The highest BCUT2D eigenvalue weighted by atomic mass is 16.3. The van der Waals surface area contributed by atoms with Gasteiger partial charge < -0.3 is 4.42 Å². The zero-order chi connectivity index (χ0) is 28.7. The van der Waals surface area contributed by atoms with Crippen LogP contribution < -0.4 is 0 Å². The van der Waals surface area contributed by atoms with Crippen molar-refractivity contribution in [3.63, 3.8) is 0 Å². The van der Waals surface area contributed by atoms with Gasteiger partial charge in [-0.1, -0.05) is 121 Å². The van der Waals surface area contributed by atoms with E-state index in [1.807, 2.05) is 0 Å². The van der Waals surface area contributed by atoms with Gasteiger partial charge in [0, 0.05) is 16.5 Å². The third-order valence-electron chi connectivity index (χ3n) is 9.53. The summed E-state index contributed by atoms with van der Waals surface area (Å²) in [5.41, 5.74) is 12.3. The lowest BCUT2D eigenvalue weighted by Crippen LogP contribution is -1.91. The highest BCUT2D eigenvalue weighted by Gasteiger charge is 2.19. The molecule has 1 aromatic heterocycles. The number of rotatable bonds is 3. The summed E-state index contributed by atoms with van der Waals surface area (Å²) in [7, 11) is 0. The van der Waals surface area contributed by atoms with Crippen LogP contribution >= 0.6 is 0 Å². The van der Waals surface area contributed by atoms with Gasteiger partial charge in [-0.05, 0) is 98.5 Å². The molecule has 0 saturated carbocycles. The highest BCUT2D eigenvalue weighted by molar-refractivity contribution is 6.27. The summed E-state index contributed by atoms with van der Waals surface area (Å²) >= 11 is 0. The fourth-order valence-electron chi connectivity index (χ4n) is 7.38. The lowest BCUT2D eigenvalue weighted by atomic mass is 9.86. The second kappa shape index (κ2) is 9.18. The normalized spacial score (nSPS) is 13.1. The number of furan rings is 1. The second-order valence-electron chi connectivity index (χ2n) is 12.1. The van der Waals surface area contributed by atoms with Gasteiger partial charge in [0.25, 0.3) is 0 Å². The summed E-state index contributed by atoms with van der Waals surface area (Å²) in [4.78, 5) is 0. The Morgan fingerprint density at radius 1 is 0.558 bits per heavy atom. The predicted octanol–water partition coefficient (Wildman–Crippen LogP) is 11.9. The number of allylic oxidation sites excluding steroid dienone is 1. The molecule has 0 N–H and O–H groups in total. The third kappa shape index (κ3) is 3.64. The van der Waals surface area contributed by atoms with E-state index in [1.165, 1.54) is 87.8 Å². The molecule has 1 heterocycles. The van der Waals surface area contributed by atoms with Crippen molar-refractivity contribution >= 4 is 49.4 Å². The van der Waals surface area contributed by atoms with Gasteiger partial charge in [0.05, 0.1) is 0 Å². The van der Waals surface area contributed by atoms with Gasteiger partial charge >= 0.3 is 0 Å². The van der Waals surface area contributed by atoms with E-state index in [4.69, 9.17) is 4.42 Å². The van der Waals surface area contributed by atoms with Gasteiger partial charge in [0.15, 0.2) is 0 Å². The summed E-state index contributed by atoms with van der Waals surface area (Å²) in [6.07, 6.45) is 6.47. The molecule has 0 unspecified atom stereocenters. The molecule has 1 aliphatic carbocycles. The molecule has 0 spiro atoms. The van der Waals surface area contributed by atoms with Crippen molar-refractivity contribution < 1.29 is 4.42 Å². The van der Waals surface area contributed by atoms with Crippen LogP contribution in [0.5, 0.6) is 0 Å². The molecule has 0 fully saturated rings. The van der Waals surface area contributed by atoms with E-state index in [0.29, 0.717) is 0 Å². The average molecular weight is 551 g/mol. The van der Waals surface area contributed by atoms with Gasteiger partial charge in [-0.2, -0.15) is 0 Å². The van der Waals surface area contributed by atoms with Crippen LogP contribution in [0.1, 0.15) is 28.9 Å². The molecule has 1 nitrogen and oxygen atoms in total. The van der Waals surface area contributed by atoms with Crippen LogP contribution in [0.15, 0.2) is 120 Å². The fraction of sp³-hybridized carbons (Fsp3) is 0.0952. The minimum atomic E-state index is 1.00. The first-order chi connectivity index (χ1) is 21.1. The van der Waals surface area contributed by atoms with Crippen LogP contribution in [-0.4, -0.2) is 0 Å². The molecular weight excluding hydrogens is 520 g/mol. The van der Waals surface area contributed by atoms with E-state index in [9.17, 15) is 0 Å². The van der Waals surface area contributed by atoms with Crippen LogP contribution in [0.2, 0.25) is 0 Å². The molecule has 204 valence electrons. The average Bonchev–Trinajstić information content (AvgIpc) is 3.43. The summed E-state index contributed by atoms with van der Waals surface area (Å²) in [5, 5.41) is 9.14. The maximum atomic E-state index is 6.43. The zero-order valence-corrected chi connectivity index (χ0v) is 24.4. The Labute approximate surface area is 251 Å². The molecule has 0 radical (unpaired) electrons. The Bertz CT molecular complexity index is 2400. The van der Waals surface area contributed by atoms with Crippen LogP contribution in [0.3, 0.4) is 0 Å². The van der Waals surface area contributed by atoms with Crippen molar-refractivity contribution in [1.29, 1.82) is 0 Å². The van der Waals surface area contributed by atoms with E-state index in [2.05, 4.69) is 135 Å². The van der Waals surface area contributed by atoms with Crippen molar-refractivity contribution in [2.45, 2.75) is 26.7 Å². The zero-order valence-electron chi connectivity index (χ0n) is 24.4. The predicted molar refractivity (Wildman–Crippen MR) is 183 cm³/mol. The lowest BCUT2D eigenvalue weighted by molar-refractivity contribution is 0.596. The summed E-state index contributed by atoms with van der Waals surface area (Å²) in [6, 6.07) is 40.7. The van der Waals surface area contributed by atoms with Gasteiger partial charge in [0.2, 0.25) is 0 Å². The molecule has 9 rings (SSSR count). The Hall–Kier alpha value is -5.14. The molecular formula is C42H30O. The van der Waals surface area contributed by atoms with Crippen LogP contribution in [0.4, 0.5) is 0 Å². The topological polar surface area (TPSA) is 13.1 Å². The molecule has 8 aromatic rings. The summed E-state index contributed by atoms with van der Waals surface area (Å²) < 4.78 is 6.43. The summed E-state index contributed by atoms with van der Waals surface area (Å²) in [5.74, 6) is 1.02. The Morgan fingerprint density at radius 3 is 1.93 bits per heavy atom. The molecule has 1 aliphatic rings.